The molecule has 0 aliphatic carbocycles. The molecule has 8 nitrogen and oxygen atoms in total. The van der Waals surface area contributed by atoms with E-state index in [0.29, 0.717) is 24.4 Å². The van der Waals surface area contributed by atoms with Crippen molar-refractivity contribution < 1.29 is 22.7 Å². The van der Waals surface area contributed by atoms with Crippen molar-refractivity contribution in [3.8, 4) is 5.75 Å². The molecule has 0 radical (unpaired) electrons. The van der Waals surface area contributed by atoms with Crippen molar-refractivity contribution in [1.29, 1.82) is 0 Å². The van der Waals surface area contributed by atoms with E-state index in [1.807, 2.05) is 80.6 Å². The summed E-state index contributed by atoms with van der Waals surface area (Å²) < 4.78 is 35.1. The first kappa shape index (κ1) is 34.2. The third kappa shape index (κ3) is 8.75. The zero-order valence-corrected chi connectivity index (χ0v) is 27.6. The van der Waals surface area contributed by atoms with Crippen LogP contribution in [0.5, 0.6) is 5.75 Å². The number of nitrogens with zero attached hydrogens (tertiary/aromatic N) is 2. The minimum absolute atomic E-state index is 0.0728. The Labute approximate surface area is 273 Å². The normalized spacial score (nSPS) is 11.8. The van der Waals surface area contributed by atoms with Gasteiger partial charge in [0.15, 0.2) is 0 Å². The van der Waals surface area contributed by atoms with Crippen LogP contribution in [0.3, 0.4) is 0 Å². The SMILES string of the molecule is CCCCNC(=O)[C@H](Cc1ccccc1)N(Cc1cccc(OC)c1)C(=O)CN(c1ccccc1CC)S(=O)(=O)c1ccccc1. The molecule has 0 aliphatic heterocycles. The summed E-state index contributed by atoms with van der Waals surface area (Å²) in [5.41, 5.74) is 2.84. The van der Waals surface area contributed by atoms with Gasteiger partial charge in [-0.2, -0.15) is 0 Å². The predicted octanol–water partition coefficient (Wildman–Crippen LogP) is 6.01. The minimum atomic E-state index is -4.16. The van der Waals surface area contributed by atoms with Crippen LogP contribution in [0.2, 0.25) is 0 Å². The molecule has 0 heterocycles. The number of aryl methyl sites for hydroxylation is 1. The molecule has 0 bridgehead atoms. The van der Waals surface area contributed by atoms with Crippen LogP contribution in [-0.2, 0) is 39.0 Å². The number of carbonyl (C=O) groups excluding carboxylic acids is 2. The Morgan fingerprint density at radius 3 is 2.15 bits per heavy atom. The van der Waals surface area contributed by atoms with Gasteiger partial charge < -0.3 is 15.0 Å². The van der Waals surface area contributed by atoms with Gasteiger partial charge in [0.1, 0.15) is 18.3 Å². The van der Waals surface area contributed by atoms with E-state index in [0.717, 1.165) is 29.5 Å². The van der Waals surface area contributed by atoms with Gasteiger partial charge in [0.25, 0.3) is 10.0 Å². The molecule has 1 N–H and O–H groups in total. The Bertz CT molecular complexity index is 1680. The number of hydrogen-bond donors (Lipinski definition) is 1. The first-order valence-corrected chi connectivity index (χ1v) is 17.1. The van der Waals surface area contributed by atoms with Gasteiger partial charge in [-0.1, -0.05) is 99.1 Å². The van der Waals surface area contributed by atoms with E-state index in [4.69, 9.17) is 4.74 Å². The van der Waals surface area contributed by atoms with Crippen LogP contribution in [-0.4, -0.2) is 51.4 Å². The van der Waals surface area contributed by atoms with Gasteiger partial charge in [-0.05, 0) is 59.9 Å². The second-order valence-electron chi connectivity index (χ2n) is 11.0. The maximum absolute atomic E-state index is 14.6. The van der Waals surface area contributed by atoms with Crippen LogP contribution < -0.4 is 14.4 Å². The van der Waals surface area contributed by atoms with E-state index in [2.05, 4.69) is 5.32 Å². The predicted molar refractivity (Wildman–Crippen MR) is 182 cm³/mol. The smallest absolute Gasteiger partial charge is 0.264 e. The first-order valence-electron chi connectivity index (χ1n) is 15.7. The summed E-state index contributed by atoms with van der Waals surface area (Å²) in [7, 11) is -2.59. The van der Waals surface area contributed by atoms with E-state index in [1.54, 1.807) is 37.4 Å². The summed E-state index contributed by atoms with van der Waals surface area (Å²) in [4.78, 5) is 30.1. The molecule has 4 rings (SSSR count). The number of hydrogen-bond acceptors (Lipinski definition) is 5. The van der Waals surface area contributed by atoms with Gasteiger partial charge in [0.05, 0.1) is 17.7 Å². The molecule has 2 amide bonds. The molecule has 0 unspecified atom stereocenters. The second kappa shape index (κ2) is 16.6. The van der Waals surface area contributed by atoms with Crippen molar-refractivity contribution >= 4 is 27.5 Å². The molecule has 242 valence electrons. The molecular formula is C37H43N3O5S. The number of benzene rings is 4. The van der Waals surface area contributed by atoms with Crippen LogP contribution >= 0.6 is 0 Å². The third-order valence-corrected chi connectivity index (χ3v) is 9.61. The minimum Gasteiger partial charge on any atom is -0.497 e. The largest absolute Gasteiger partial charge is 0.497 e. The number of anilines is 1. The van der Waals surface area contributed by atoms with Crippen LogP contribution in [0.1, 0.15) is 43.4 Å². The van der Waals surface area contributed by atoms with E-state index in [9.17, 15) is 18.0 Å². The van der Waals surface area contributed by atoms with Gasteiger partial charge >= 0.3 is 0 Å². The number of nitrogens with one attached hydrogen (secondary N) is 1. The molecule has 9 heteroatoms. The molecule has 0 spiro atoms. The van der Waals surface area contributed by atoms with Gasteiger partial charge in [0, 0.05) is 19.5 Å². The van der Waals surface area contributed by atoms with Crippen molar-refractivity contribution in [1.82, 2.24) is 10.2 Å². The molecule has 4 aromatic carbocycles. The van der Waals surface area contributed by atoms with Crippen molar-refractivity contribution in [2.24, 2.45) is 0 Å². The molecule has 46 heavy (non-hydrogen) atoms. The molecule has 0 fully saturated rings. The van der Waals surface area contributed by atoms with E-state index in [-0.39, 0.29) is 23.8 Å². The Hall–Kier alpha value is -4.63. The summed E-state index contributed by atoms with van der Waals surface area (Å²) in [6, 6.07) is 31.2. The van der Waals surface area contributed by atoms with Gasteiger partial charge in [-0.3, -0.25) is 13.9 Å². The monoisotopic (exact) mass is 641 g/mol. The quantitative estimate of drug-likeness (QED) is 0.151. The second-order valence-corrected chi connectivity index (χ2v) is 12.9. The highest BCUT2D eigenvalue weighted by atomic mass is 32.2. The summed E-state index contributed by atoms with van der Waals surface area (Å²) in [5.74, 6) is -0.179. The Balaban J connectivity index is 1.82. The fourth-order valence-corrected chi connectivity index (χ4v) is 6.79. The molecule has 0 saturated heterocycles. The van der Waals surface area contributed by atoms with Crippen LogP contribution in [0.4, 0.5) is 5.69 Å². The summed E-state index contributed by atoms with van der Waals surface area (Å²) in [6.45, 7) is 4.04. The zero-order valence-electron chi connectivity index (χ0n) is 26.8. The maximum Gasteiger partial charge on any atom is 0.264 e. The van der Waals surface area contributed by atoms with Crippen molar-refractivity contribution in [3.63, 3.8) is 0 Å². The van der Waals surface area contributed by atoms with E-state index < -0.39 is 28.5 Å². The lowest BCUT2D eigenvalue weighted by atomic mass is 10.0. The van der Waals surface area contributed by atoms with E-state index >= 15 is 0 Å². The van der Waals surface area contributed by atoms with Gasteiger partial charge in [0.2, 0.25) is 11.8 Å². The van der Waals surface area contributed by atoms with Gasteiger partial charge in [-0.25, -0.2) is 8.42 Å². The summed E-state index contributed by atoms with van der Waals surface area (Å²) in [5, 5.41) is 3.02. The maximum atomic E-state index is 14.6. The van der Waals surface area contributed by atoms with Crippen molar-refractivity contribution in [2.45, 2.75) is 57.0 Å². The van der Waals surface area contributed by atoms with Crippen LogP contribution in [0.25, 0.3) is 0 Å². The highest BCUT2D eigenvalue weighted by molar-refractivity contribution is 7.92. The van der Waals surface area contributed by atoms with Crippen LogP contribution in [0.15, 0.2) is 114 Å². The number of unbranched alkanes of at least 4 members (excludes halogenated alkanes) is 1. The average molecular weight is 642 g/mol. The van der Waals surface area contributed by atoms with Crippen molar-refractivity contribution in [3.05, 3.63) is 126 Å². The Morgan fingerprint density at radius 2 is 1.48 bits per heavy atom. The summed E-state index contributed by atoms with van der Waals surface area (Å²) in [6.07, 6.45) is 2.52. The highest BCUT2D eigenvalue weighted by Crippen LogP contribution is 2.28. The Morgan fingerprint density at radius 1 is 0.826 bits per heavy atom. The molecule has 0 aliphatic rings. The lowest BCUT2D eigenvalue weighted by Gasteiger charge is -2.34. The number of sulfonamides is 1. The first-order chi connectivity index (χ1) is 22.3. The highest BCUT2D eigenvalue weighted by Gasteiger charge is 2.35. The van der Waals surface area contributed by atoms with Crippen LogP contribution in [0, 0.1) is 0 Å². The lowest BCUT2D eigenvalue weighted by molar-refractivity contribution is -0.140. The number of methoxy groups -OCH3 is 1. The molecule has 4 aromatic rings. The zero-order chi connectivity index (χ0) is 32.9. The number of para-hydroxylation sites is 1. The Kier molecular flexibility index (Phi) is 12.4. The molecular weight excluding hydrogens is 598 g/mol. The fourth-order valence-electron chi connectivity index (χ4n) is 5.31. The van der Waals surface area contributed by atoms with Crippen molar-refractivity contribution in [2.75, 3.05) is 24.5 Å². The molecule has 1 atom stereocenters. The number of carbonyl (C=O) groups is 2. The van der Waals surface area contributed by atoms with E-state index in [1.165, 1.54) is 21.3 Å². The van der Waals surface area contributed by atoms with Gasteiger partial charge in [-0.15, -0.1) is 0 Å². The standard InChI is InChI=1S/C37H43N3O5S/c1-4-6-24-38-37(42)35(26-29-16-9-7-10-17-29)39(27-30-18-15-20-32(25-30)45-3)36(41)28-40(34-23-14-13-19-31(34)5-2)46(43,44)33-21-11-8-12-22-33/h7-23,25,35H,4-6,24,26-28H2,1-3H3,(H,38,42)/t35-/m0/s1. The number of ether oxygens (including phenoxy) is 1. The number of amides is 2. The molecule has 0 saturated carbocycles. The fraction of sp³-hybridized carbons (Fsp3) is 0.297. The lowest BCUT2D eigenvalue weighted by Crippen LogP contribution is -2.53. The molecule has 0 aromatic heterocycles. The topological polar surface area (TPSA) is 96.0 Å². The number of rotatable bonds is 16. The average Bonchev–Trinajstić information content (AvgIpc) is 3.09. The summed E-state index contributed by atoms with van der Waals surface area (Å²) >= 11 is 0. The third-order valence-electron chi connectivity index (χ3n) is 7.84.